The Morgan fingerprint density at radius 3 is 2.10 bits per heavy atom. The van der Waals surface area contributed by atoms with E-state index in [-0.39, 0.29) is 0 Å². The summed E-state index contributed by atoms with van der Waals surface area (Å²) in [5, 5.41) is 0. The van der Waals surface area contributed by atoms with Gasteiger partial charge in [0.2, 0.25) is 0 Å². The zero-order valence-electron chi connectivity index (χ0n) is 6.75. The van der Waals surface area contributed by atoms with E-state index in [0.717, 1.165) is 6.92 Å². The molecular formula is C8H14F2. The van der Waals surface area contributed by atoms with E-state index in [0.29, 0.717) is 12.0 Å². The first kappa shape index (κ1) is 9.60. The van der Waals surface area contributed by atoms with Crippen LogP contribution < -0.4 is 0 Å². The van der Waals surface area contributed by atoms with Gasteiger partial charge in [-0.3, -0.25) is 0 Å². The highest BCUT2D eigenvalue weighted by Crippen LogP contribution is 2.29. The van der Waals surface area contributed by atoms with Crippen molar-refractivity contribution in [3.63, 3.8) is 0 Å². The Bertz CT molecular complexity index is 122. The van der Waals surface area contributed by atoms with Gasteiger partial charge in [-0.15, -0.1) is 0 Å². The van der Waals surface area contributed by atoms with E-state index in [1.807, 2.05) is 6.92 Å². The zero-order valence-corrected chi connectivity index (χ0v) is 6.75. The smallest absolute Gasteiger partial charge is 0.207 e. The fourth-order valence-electron chi connectivity index (χ4n) is 0.665. The topological polar surface area (TPSA) is 0 Å². The predicted molar refractivity (Wildman–Crippen MR) is 39.2 cm³/mol. The molecule has 10 heavy (non-hydrogen) atoms. The summed E-state index contributed by atoms with van der Waals surface area (Å²) in [7, 11) is 0. The minimum absolute atomic E-state index is 0.618. The lowest BCUT2D eigenvalue weighted by atomic mass is 9.95. The molecule has 0 heterocycles. The van der Waals surface area contributed by atoms with Gasteiger partial charge in [-0.2, -0.15) is 0 Å². The van der Waals surface area contributed by atoms with Crippen LogP contribution in [0.4, 0.5) is 8.78 Å². The normalized spacial score (nSPS) is 14.9. The van der Waals surface area contributed by atoms with Crippen molar-refractivity contribution >= 4 is 0 Å². The minimum atomic E-state index is -2.62. The Kier molecular flexibility index (Phi) is 3.00. The van der Waals surface area contributed by atoms with Crippen molar-refractivity contribution in [1.29, 1.82) is 0 Å². The first-order chi connectivity index (χ1) is 4.39. The molecule has 0 saturated heterocycles. The summed E-state index contributed by atoms with van der Waals surface area (Å²) in [6, 6.07) is 0. The molecule has 0 spiro atoms. The average molecular weight is 148 g/mol. The molecule has 0 amide bonds. The Morgan fingerprint density at radius 2 is 2.00 bits per heavy atom. The van der Waals surface area contributed by atoms with Gasteiger partial charge in [-0.1, -0.05) is 26.0 Å². The molecule has 0 unspecified atom stereocenters. The molecule has 0 radical (unpaired) electrons. The quantitative estimate of drug-likeness (QED) is 0.539. The van der Waals surface area contributed by atoms with Crippen molar-refractivity contribution in [2.24, 2.45) is 5.92 Å². The van der Waals surface area contributed by atoms with Gasteiger partial charge in [-0.25, -0.2) is 8.78 Å². The standard InChI is InChI=1S/C8H14F2/c1-5-6(2)7(3)8(4,9)10/h7H,2,5H2,1,3-4H3/t7-/m1/s1. The largest absolute Gasteiger partial charge is 0.251 e. The Morgan fingerprint density at radius 1 is 1.60 bits per heavy atom. The summed E-state index contributed by atoms with van der Waals surface area (Å²) in [4.78, 5) is 0. The van der Waals surface area contributed by atoms with Crippen LogP contribution in [0.2, 0.25) is 0 Å². The van der Waals surface area contributed by atoms with Gasteiger partial charge in [0, 0.05) is 5.92 Å². The van der Waals surface area contributed by atoms with Crippen molar-refractivity contribution in [3.8, 4) is 0 Å². The molecule has 0 aromatic rings. The number of alkyl halides is 2. The highest BCUT2D eigenvalue weighted by atomic mass is 19.3. The minimum Gasteiger partial charge on any atom is -0.207 e. The average Bonchev–Trinajstić information content (AvgIpc) is 1.83. The van der Waals surface area contributed by atoms with Crippen molar-refractivity contribution in [2.75, 3.05) is 0 Å². The van der Waals surface area contributed by atoms with Crippen LogP contribution in [-0.4, -0.2) is 5.92 Å². The maximum absolute atomic E-state index is 12.5. The zero-order chi connectivity index (χ0) is 8.36. The monoisotopic (exact) mass is 148 g/mol. The highest BCUT2D eigenvalue weighted by molar-refractivity contribution is 5.01. The number of hydrogen-bond donors (Lipinski definition) is 0. The van der Waals surface area contributed by atoms with Crippen molar-refractivity contribution in [1.82, 2.24) is 0 Å². The molecule has 0 N–H and O–H groups in total. The molecule has 0 aliphatic rings. The molecule has 0 bridgehead atoms. The van der Waals surface area contributed by atoms with Gasteiger partial charge in [0.15, 0.2) is 0 Å². The molecule has 0 aromatic heterocycles. The number of rotatable bonds is 3. The highest BCUT2D eigenvalue weighted by Gasteiger charge is 2.30. The molecular weight excluding hydrogens is 134 g/mol. The van der Waals surface area contributed by atoms with Crippen LogP contribution in [0.5, 0.6) is 0 Å². The molecule has 60 valence electrons. The van der Waals surface area contributed by atoms with Gasteiger partial charge >= 0.3 is 0 Å². The van der Waals surface area contributed by atoms with Crippen molar-refractivity contribution in [2.45, 2.75) is 33.1 Å². The van der Waals surface area contributed by atoms with Crippen LogP contribution in [0.25, 0.3) is 0 Å². The second-order valence-corrected chi connectivity index (χ2v) is 2.69. The van der Waals surface area contributed by atoms with Crippen LogP contribution in [0, 0.1) is 5.92 Å². The summed E-state index contributed by atoms with van der Waals surface area (Å²) < 4.78 is 25.0. The van der Waals surface area contributed by atoms with E-state index in [2.05, 4.69) is 6.58 Å². The molecule has 0 aliphatic carbocycles. The fraction of sp³-hybridized carbons (Fsp3) is 0.750. The van der Waals surface area contributed by atoms with Crippen LogP contribution >= 0.6 is 0 Å². The van der Waals surface area contributed by atoms with Crippen LogP contribution in [0.1, 0.15) is 27.2 Å². The van der Waals surface area contributed by atoms with Crippen LogP contribution in [0.3, 0.4) is 0 Å². The molecule has 0 fully saturated rings. The Hall–Kier alpha value is -0.400. The summed E-state index contributed by atoms with van der Waals surface area (Å²) in [5.41, 5.74) is 0.618. The lowest BCUT2D eigenvalue weighted by Crippen LogP contribution is -2.22. The van der Waals surface area contributed by atoms with Crippen LogP contribution in [-0.2, 0) is 0 Å². The lowest BCUT2D eigenvalue weighted by Gasteiger charge is -2.20. The van der Waals surface area contributed by atoms with E-state index >= 15 is 0 Å². The van der Waals surface area contributed by atoms with Gasteiger partial charge in [0.1, 0.15) is 0 Å². The van der Waals surface area contributed by atoms with E-state index < -0.39 is 11.8 Å². The molecule has 1 atom stereocenters. The fourth-order valence-corrected chi connectivity index (χ4v) is 0.665. The molecule has 0 aliphatic heterocycles. The number of halogens is 2. The van der Waals surface area contributed by atoms with E-state index in [4.69, 9.17) is 0 Å². The molecule has 0 rings (SSSR count). The van der Waals surface area contributed by atoms with Gasteiger partial charge in [0.05, 0.1) is 0 Å². The molecule has 2 heteroatoms. The summed E-state index contributed by atoms with van der Waals surface area (Å²) in [6.07, 6.45) is 0.630. The number of hydrogen-bond acceptors (Lipinski definition) is 0. The second-order valence-electron chi connectivity index (χ2n) is 2.69. The number of allylic oxidation sites excluding steroid dienone is 1. The lowest BCUT2D eigenvalue weighted by molar-refractivity contribution is -0.0190. The molecule has 0 saturated carbocycles. The first-order valence-corrected chi connectivity index (χ1v) is 3.45. The second kappa shape index (κ2) is 3.13. The summed E-state index contributed by atoms with van der Waals surface area (Å²) in [5.74, 6) is -3.31. The van der Waals surface area contributed by atoms with Gasteiger partial charge in [0.25, 0.3) is 5.92 Å². The first-order valence-electron chi connectivity index (χ1n) is 3.45. The third-order valence-electron chi connectivity index (χ3n) is 1.83. The van der Waals surface area contributed by atoms with Gasteiger partial charge < -0.3 is 0 Å². The molecule has 0 aromatic carbocycles. The van der Waals surface area contributed by atoms with E-state index in [1.54, 1.807) is 0 Å². The maximum atomic E-state index is 12.5. The Labute approximate surface area is 60.9 Å². The van der Waals surface area contributed by atoms with Crippen LogP contribution in [0.15, 0.2) is 12.2 Å². The maximum Gasteiger partial charge on any atom is 0.251 e. The van der Waals surface area contributed by atoms with Crippen molar-refractivity contribution < 1.29 is 8.78 Å². The summed E-state index contributed by atoms with van der Waals surface area (Å²) in [6.45, 7) is 7.83. The van der Waals surface area contributed by atoms with Gasteiger partial charge in [-0.05, 0) is 13.3 Å². The van der Waals surface area contributed by atoms with E-state index in [9.17, 15) is 8.78 Å². The predicted octanol–water partition coefficient (Wildman–Crippen LogP) is 3.24. The summed E-state index contributed by atoms with van der Waals surface area (Å²) >= 11 is 0. The SMILES string of the molecule is C=C(CC)[C@@H](C)C(C)(F)F. The van der Waals surface area contributed by atoms with Crippen molar-refractivity contribution in [3.05, 3.63) is 12.2 Å². The third kappa shape index (κ3) is 2.46. The van der Waals surface area contributed by atoms with E-state index in [1.165, 1.54) is 6.92 Å². The third-order valence-corrected chi connectivity index (χ3v) is 1.83. The Balaban J connectivity index is 4.08. The molecule has 0 nitrogen and oxygen atoms in total.